The Morgan fingerprint density at radius 1 is 1.28 bits per heavy atom. The number of hydrogen-bond donors (Lipinski definition) is 0. The number of nitrogens with zero attached hydrogens (tertiary/aromatic N) is 3. The minimum atomic E-state index is -4.02. The number of esters is 1. The quantitative estimate of drug-likeness (QED) is 0.374. The molecule has 0 amide bonds. The highest BCUT2D eigenvalue weighted by Crippen LogP contribution is 2.36. The van der Waals surface area contributed by atoms with Crippen LogP contribution in [0.3, 0.4) is 0 Å². The van der Waals surface area contributed by atoms with Crippen molar-refractivity contribution in [1.29, 1.82) is 0 Å². The predicted molar refractivity (Wildman–Crippen MR) is 118 cm³/mol. The normalized spacial score (nSPS) is 11.8. The van der Waals surface area contributed by atoms with Gasteiger partial charge in [0.05, 0.1) is 12.0 Å². The summed E-state index contributed by atoms with van der Waals surface area (Å²) in [5, 5.41) is 0.286. The number of halogens is 2. The Bertz CT molecular complexity index is 1430. The second-order valence-corrected chi connectivity index (χ2v) is 10.0. The summed E-state index contributed by atoms with van der Waals surface area (Å²) in [5.41, 5.74) is 1.98. The van der Waals surface area contributed by atoms with Crippen molar-refractivity contribution in [3.8, 4) is 0 Å². The highest BCUT2D eigenvalue weighted by atomic mass is 35.5. The van der Waals surface area contributed by atoms with E-state index in [-0.39, 0.29) is 28.0 Å². The summed E-state index contributed by atoms with van der Waals surface area (Å²) in [6, 6.07) is 8.81. The molecule has 166 valence electrons. The molecule has 0 aliphatic rings. The molecule has 0 unspecified atom stereocenters. The Kier molecular flexibility index (Phi) is 6.02. The summed E-state index contributed by atoms with van der Waals surface area (Å²) in [6.45, 7) is 1.72. The smallest absolute Gasteiger partial charge is 0.325 e. The number of benzene rings is 1. The maximum absolute atomic E-state index is 14.1. The third-order valence-electron chi connectivity index (χ3n) is 5.13. The van der Waals surface area contributed by atoms with Gasteiger partial charge in [0.15, 0.2) is 10.2 Å². The van der Waals surface area contributed by atoms with Gasteiger partial charge >= 0.3 is 5.97 Å². The van der Waals surface area contributed by atoms with E-state index in [4.69, 9.17) is 16.3 Å². The van der Waals surface area contributed by atoms with E-state index < -0.39 is 21.6 Å². The van der Waals surface area contributed by atoms with Crippen LogP contribution in [0.2, 0.25) is 5.15 Å². The van der Waals surface area contributed by atoms with Gasteiger partial charge in [-0.25, -0.2) is 17.8 Å². The van der Waals surface area contributed by atoms with E-state index in [0.29, 0.717) is 27.0 Å². The van der Waals surface area contributed by atoms with Gasteiger partial charge in [-0.2, -0.15) is 4.37 Å². The van der Waals surface area contributed by atoms with E-state index >= 15 is 0 Å². The Labute approximate surface area is 192 Å². The molecule has 1 aromatic carbocycles. The summed E-state index contributed by atoms with van der Waals surface area (Å²) in [4.78, 5) is 16.2. The second kappa shape index (κ2) is 8.61. The Hall–Kier alpha value is -2.82. The van der Waals surface area contributed by atoms with Crippen molar-refractivity contribution in [2.45, 2.75) is 29.8 Å². The van der Waals surface area contributed by atoms with Crippen LogP contribution in [0.5, 0.6) is 0 Å². The zero-order valence-corrected chi connectivity index (χ0v) is 19.4. The standard InChI is InChI=1S/C21H17ClFN3O4S2/c1-12-14(15-9-13(23)6-7-16(15)26(12)11-19(27)30-2)10-17-20(21(22)25-31-17)32(28,29)18-5-3-4-8-24-18/h3-9H,10-11H2,1-2H3. The van der Waals surface area contributed by atoms with Crippen molar-refractivity contribution in [2.75, 3.05) is 7.11 Å². The monoisotopic (exact) mass is 493 g/mol. The predicted octanol–water partition coefficient (Wildman–Crippen LogP) is 4.19. The number of pyridine rings is 1. The molecule has 32 heavy (non-hydrogen) atoms. The first-order valence-electron chi connectivity index (χ1n) is 9.38. The number of rotatable bonds is 6. The molecule has 0 spiro atoms. The van der Waals surface area contributed by atoms with E-state index in [2.05, 4.69) is 9.36 Å². The molecule has 0 saturated heterocycles. The van der Waals surface area contributed by atoms with Gasteiger partial charge in [0.2, 0.25) is 9.84 Å². The van der Waals surface area contributed by atoms with Crippen LogP contribution in [0.25, 0.3) is 10.9 Å². The molecule has 0 N–H and O–H groups in total. The first-order valence-corrected chi connectivity index (χ1v) is 12.0. The number of sulfone groups is 1. The maximum Gasteiger partial charge on any atom is 0.325 e. The Morgan fingerprint density at radius 2 is 2.06 bits per heavy atom. The summed E-state index contributed by atoms with van der Waals surface area (Å²) < 4.78 is 51.0. The van der Waals surface area contributed by atoms with Crippen LogP contribution >= 0.6 is 23.1 Å². The minimum Gasteiger partial charge on any atom is -0.468 e. The number of carbonyl (C=O) groups excluding carboxylic acids is 1. The van der Waals surface area contributed by atoms with Crippen molar-refractivity contribution >= 4 is 49.8 Å². The van der Waals surface area contributed by atoms with E-state index in [1.54, 1.807) is 29.7 Å². The van der Waals surface area contributed by atoms with Gasteiger partial charge in [0.25, 0.3) is 0 Å². The van der Waals surface area contributed by atoms with Gasteiger partial charge in [-0.05, 0) is 54.4 Å². The molecule has 11 heteroatoms. The lowest BCUT2D eigenvalue weighted by atomic mass is 10.1. The van der Waals surface area contributed by atoms with Crippen LogP contribution in [0.15, 0.2) is 52.5 Å². The zero-order valence-electron chi connectivity index (χ0n) is 17.0. The molecule has 0 radical (unpaired) electrons. The first-order chi connectivity index (χ1) is 15.2. The Morgan fingerprint density at radius 3 is 2.75 bits per heavy atom. The number of ether oxygens (including phenoxy) is 1. The number of aromatic nitrogens is 3. The SMILES string of the molecule is COC(=O)Cn1c(C)c(Cc2snc(Cl)c2S(=O)(=O)c2ccccn2)c2cc(F)ccc21. The van der Waals surface area contributed by atoms with Crippen molar-refractivity contribution in [3.63, 3.8) is 0 Å². The van der Waals surface area contributed by atoms with Crippen molar-refractivity contribution in [1.82, 2.24) is 13.9 Å². The largest absolute Gasteiger partial charge is 0.468 e. The van der Waals surface area contributed by atoms with E-state index in [1.807, 2.05) is 0 Å². The zero-order chi connectivity index (χ0) is 23.0. The fraction of sp³-hybridized carbons (Fsp3) is 0.190. The third-order valence-corrected chi connectivity index (χ3v) is 8.35. The molecule has 0 saturated carbocycles. The summed E-state index contributed by atoms with van der Waals surface area (Å²) in [5.74, 6) is -0.905. The molecular weight excluding hydrogens is 477 g/mol. The average molecular weight is 494 g/mol. The number of methoxy groups -OCH3 is 1. The fourth-order valence-corrected chi connectivity index (χ4v) is 6.63. The van der Waals surface area contributed by atoms with Gasteiger partial charge < -0.3 is 9.30 Å². The van der Waals surface area contributed by atoms with Crippen LogP contribution < -0.4 is 0 Å². The number of carbonyl (C=O) groups is 1. The molecule has 3 heterocycles. The van der Waals surface area contributed by atoms with Crippen LogP contribution in [-0.4, -0.2) is 35.4 Å². The number of fused-ring (bicyclic) bond motifs is 1. The lowest BCUT2D eigenvalue weighted by molar-refractivity contribution is -0.141. The maximum atomic E-state index is 14.1. The Balaban J connectivity index is 1.86. The lowest BCUT2D eigenvalue weighted by Gasteiger charge is -2.08. The minimum absolute atomic E-state index is 0.0625. The summed E-state index contributed by atoms with van der Waals surface area (Å²) in [7, 11) is -2.73. The molecule has 0 bridgehead atoms. The van der Waals surface area contributed by atoms with Crippen LogP contribution in [0.4, 0.5) is 4.39 Å². The van der Waals surface area contributed by atoms with Crippen molar-refractivity contribution in [2.24, 2.45) is 0 Å². The molecule has 3 aromatic heterocycles. The van der Waals surface area contributed by atoms with E-state index in [1.165, 1.54) is 31.5 Å². The molecule has 7 nitrogen and oxygen atoms in total. The van der Waals surface area contributed by atoms with Crippen molar-refractivity contribution < 1.29 is 22.3 Å². The van der Waals surface area contributed by atoms with Crippen molar-refractivity contribution in [3.05, 3.63) is 69.7 Å². The topological polar surface area (TPSA) is 91.2 Å². The van der Waals surface area contributed by atoms with E-state index in [9.17, 15) is 17.6 Å². The first kappa shape index (κ1) is 22.4. The summed E-state index contributed by atoms with van der Waals surface area (Å²) in [6.07, 6.45) is 1.51. The van der Waals surface area contributed by atoms with Gasteiger partial charge in [-0.3, -0.25) is 4.79 Å². The molecule has 4 rings (SSSR count). The van der Waals surface area contributed by atoms with Crippen LogP contribution in [0.1, 0.15) is 16.1 Å². The van der Waals surface area contributed by atoms with Gasteiger partial charge in [-0.1, -0.05) is 17.7 Å². The van der Waals surface area contributed by atoms with Gasteiger partial charge in [0, 0.05) is 29.2 Å². The fourth-order valence-electron chi connectivity index (χ4n) is 3.58. The molecule has 4 aromatic rings. The van der Waals surface area contributed by atoms with Crippen LogP contribution in [-0.2, 0) is 32.3 Å². The number of hydrogen-bond acceptors (Lipinski definition) is 7. The molecule has 0 aliphatic heterocycles. The third kappa shape index (κ3) is 3.89. The molecular formula is C21H17ClFN3O4S2. The van der Waals surface area contributed by atoms with Gasteiger partial charge in [0.1, 0.15) is 17.3 Å². The second-order valence-electron chi connectivity index (χ2n) is 6.96. The molecule has 0 aliphatic carbocycles. The highest BCUT2D eigenvalue weighted by Gasteiger charge is 2.30. The van der Waals surface area contributed by atoms with E-state index in [0.717, 1.165) is 11.5 Å². The molecule has 0 fully saturated rings. The highest BCUT2D eigenvalue weighted by molar-refractivity contribution is 7.91. The molecule has 0 atom stereocenters. The van der Waals surface area contributed by atoms with Crippen LogP contribution in [0, 0.1) is 12.7 Å². The average Bonchev–Trinajstić information content (AvgIpc) is 3.27. The lowest BCUT2D eigenvalue weighted by Crippen LogP contribution is -2.12. The van der Waals surface area contributed by atoms with Gasteiger partial charge in [-0.15, -0.1) is 0 Å². The summed E-state index contributed by atoms with van der Waals surface area (Å²) >= 11 is 7.15.